The highest BCUT2D eigenvalue weighted by atomic mass is 16.2. The van der Waals surface area contributed by atoms with Gasteiger partial charge >= 0.3 is 0 Å². The van der Waals surface area contributed by atoms with Gasteiger partial charge in [-0.3, -0.25) is 19.9 Å². The zero-order valence-electron chi connectivity index (χ0n) is 9.74. The van der Waals surface area contributed by atoms with Crippen LogP contribution < -0.4 is 11.3 Å². The molecule has 16 heavy (non-hydrogen) atoms. The van der Waals surface area contributed by atoms with Crippen molar-refractivity contribution in [1.29, 1.82) is 0 Å². The van der Waals surface area contributed by atoms with Crippen molar-refractivity contribution in [2.24, 2.45) is 5.84 Å². The van der Waals surface area contributed by atoms with Gasteiger partial charge in [-0.25, -0.2) is 5.84 Å². The molecule has 0 unspecified atom stereocenters. The van der Waals surface area contributed by atoms with Crippen molar-refractivity contribution in [3.63, 3.8) is 0 Å². The van der Waals surface area contributed by atoms with Gasteiger partial charge in [-0.15, -0.1) is 0 Å². The van der Waals surface area contributed by atoms with Gasteiger partial charge in [0.1, 0.15) is 0 Å². The highest BCUT2D eigenvalue weighted by molar-refractivity contribution is 5.78. The Bertz CT molecular complexity index is 251. The van der Waals surface area contributed by atoms with Gasteiger partial charge in [0.25, 0.3) is 0 Å². The summed E-state index contributed by atoms with van der Waals surface area (Å²) in [6.07, 6.45) is 2.52. The van der Waals surface area contributed by atoms with Crippen molar-refractivity contribution in [2.75, 3.05) is 33.2 Å². The van der Waals surface area contributed by atoms with Gasteiger partial charge in [0, 0.05) is 26.1 Å². The molecule has 92 valence electrons. The third-order valence-corrected chi connectivity index (χ3v) is 2.75. The third kappa shape index (κ3) is 4.16. The molecule has 0 bridgehead atoms. The number of hydrogen-bond acceptors (Lipinski definition) is 4. The van der Waals surface area contributed by atoms with Crippen LogP contribution in [0.4, 0.5) is 0 Å². The molecule has 0 radical (unpaired) electrons. The van der Waals surface area contributed by atoms with Crippen molar-refractivity contribution in [2.45, 2.75) is 19.3 Å². The van der Waals surface area contributed by atoms with E-state index in [-0.39, 0.29) is 11.8 Å². The molecule has 0 atom stereocenters. The van der Waals surface area contributed by atoms with E-state index >= 15 is 0 Å². The third-order valence-electron chi connectivity index (χ3n) is 2.75. The molecule has 0 aliphatic carbocycles. The second kappa shape index (κ2) is 6.44. The number of nitrogens with one attached hydrogen (secondary N) is 1. The zero-order chi connectivity index (χ0) is 12.0. The van der Waals surface area contributed by atoms with E-state index in [0.717, 1.165) is 25.9 Å². The Morgan fingerprint density at radius 2 is 2.00 bits per heavy atom. The van der Waals surface area contributed by atoms with E-state index in [4.69, 9.17) is 5.84 Å². The average Bonchev–Trinajstić information content (AvgIpc) is 2.79. The van der Waals surface area contributed by atoms with Gasteiger partial charge in [-0.1, -0.05) is 0 Å². The average molecular weight is 228 g/mol. The first-order chi connectivity index (χ1) is 7.63. The molecule has 6 heteroatoms. The van der Waals surface area contributed by atoms with Crippen LogP contribution in [0.15, 0.2) is 0 Å². The number of carbonyl (C=O) groups excluding carboxylic acids is 2. The van der Waals surface area contributed by atoms with Crippen molar-refractivity contribution in [3.8, 4) is 0 Å². The minimum Gasteiger partial charge on any atom is -0.342 e. The molecule has 1 aliphatic heterocycles. The van der Waals surface area contributed by atoms with Crippen LogP contribution in [-0.4, -0.2) is 54.8 Å². The lowest BCUT2D eigenvalue weighted by atomic mass is 10.3. The molecule has 0 saturated carbocycles. The second-order valence-corrected chi connectivity index (χ2v) is 4.14. The monoisotopic (exact) mass is 228 g/mol. The Morgan fingerprint density at radius 3 is 2.56 bits per heavy atom. The number of likely N-dealkylation sites (tertiary alicyclic amines) is 1. The first kappa shape index (κ1) is 12.9. The van der Waals surface area contributed by atoms with Crippen LogP contribution in [0.3, 0.4) is 0 Å². The lowest BCUT2D eigenvalue weighted by molar-refractivity contribution is -0.131. The highest BCUT2D eigenvalue weighted by Crippen LogP contribution is 2.07. The van der Waals surface area contributed by atoms with Crippen LogP contribution in [-0.2, 0) is 9.59 Å². The van der Waals surface area contributed by atoms with E-state index in [0.29, 0.717) is 19.5 Å². The van der Waals surface area contributed by atoms with Crippen LogP contribution in [0.2, 0.25) is 0 Å². The maximum atomic E-state index is 11.7. The largest absolute Gasteiger partial charge is 0.342 e. The lowest BCUT2D eigenvalue weighted by Crippen LogP contribution is -2.39. The molecule has 0 aromatic rings. The fourth-order valence-corrected chi connectivity index (χ4v) is 1.74. The normalized spacial score (nSPS) is 15.6. The first-order valence-corrected chi connectivity index (χ1v) is 5.59. The van der Waals surface area contributed by atoms with Gasteiger partial charge in [-0.2, -0.15) is 0 Å². The number of likely N-dealkylation sites (N-methyl/N-ethyl adjacent to an activating group) is 1. The van der Waals surface area contributed by atoms with Crippen LogP contribution in [0, 0.1) is 0 Å². The summed E-state index contributed by atoms with van der Waals surface area (Å²) in [7, 11) is 1.83. The molecule has 2 amide bonds. The highest BCUT2D eigenvalue weighted by Gasteiger charge is 2.18. The second-order valence-electron chi connectivity index (χ2n) is 4.14. The van der Waals surface area contributed by atoms with E-state index in [1.54, 1.807) is 0 Å². The Kier molecular flexibility index (Phi) is 5.21. The number of amides is 2. The van der Waals surface area contributed by atoms with Crippen molar-refractivity contribution in [1.82, 2.24) is 15.2 Å². The standard InChI is InChI=1S/C10H20N4O2/c1-13(7-4-9(15)12-11)8-10(16)14-5-2-3-6-14/h2-8,11H2,1H3,(H,12,15). The van der Waals surface area contributed by atoms with Gasteiger partial charge in [-0.05, 0) is 19.9 Å². The molecular formula is C10H20N4O2. The smallest absolute Gasteiger partial charge is 0.236 e. The topological polar surface area (TPSA) is 78.7 Å². The maximum Gasteiger partial charge on any atom is 0.236 e. The predicted molar refractivity (Wildman–Crippen MR) is 60.3 cm³/mol. The summed E-state index contributed by atoms with van der Waals surface area (Å²) in [6, 6.07) is 0. The molecule has 0 spiro atoms. The zero-order valence-corrected chi connectivity index (χ0v) is 9.74. The molecule has 6 nitrogen and oxygen atoms in total. The fraction of sp³-hybridized carbons (Fsp3) is 0.800. The SMILES string of the molecule is CN(CCC(=O)NN)CC(=O)N1CCCC1. The molecule has 1 heterocycles. The summed E-state index contributed by atoms with van der Waals surface area (Å²) in [5.74, 6) is 4.90. The van der Waals surface area contributed by atoms with E-state index in [1.807, 2.05) is 16.8 Å². The van der Waals surface area contributed by atoms with Crippen LogP contribution in [0.25, 0.3) is 0 Å². The van der Waals surface area contributed by atoms with E-state index in [9.17, 15) is 9.59 Å². The van der Waals surface area contributed by atoms with Crippen molar-refractivity contribution in [3.05, 3.63) is 0 Å². The molecule has 1 aliphatic rings. The summed E-state index contributed by atoms with van der Waals surface area (Å²) in [5.41, 5.74) is 2.07. The first-order valence-electron chi connectivity index (χ1n) is 5.59. The van der Waals surface area contributed by atoms with E-state index in [2.05, 4.69) is 5.43 Å². The molecule has 1 fully saturated rings. The molecule has 0 aromatic heterocycles. The van der Waals surface area contributed by atoms with Crippen LogP contribution in [0.1, 0.15) is 19.3 Å². The number of rotatable bonds is 5. The van der Waals surface area contributed by atoms with E-state index < -0.39 is 0 Å². The number of hydrazine groups is 1. The molecule has 1 saturated heterocycles. The summed E-state index contributed by atoms with van der Waals surface area (Å²) < 4.78 is 0. The summed E-state index contributed by atoms with van der Waals surface area (Å²) >= 11 is 0. The van der Waals surface area contributed by atoms with Crippen molar-refractivity contribution >= 4 is 11.8 Å². The Hall–Kier alpha value is -1.14. The maximum absolute atomic E-state index is 11.7. The van der Waals surface area contributed by atoms with Gasteiger partial charge in [0.15, 0.2) is 0 Å². The lowest BCUT2D eigenvalue weighted by Gasteiger charge is -2.20. The van der Waals surface area contributed by atoms with Crippen LogP contribution >= 0.6 is 0 Å². The molecule has 1 rings (SSSR count). The minimum atomic E-state index is -0.208. The Labute approximate surface area is 95.7 Å². The summed E-state index contributed by atoms with van der Waals surface area (Å²) in [6.45, 7) is 2.66. The Morgan fingerprint density at radius 1 is 1.38 bits per heavy atom. The van der Waals surface area contributed by atoms with Gasteiger partial charge < -0.3 is 4.90 Å². The quantitative estimate of drug-likeness (QED) is 0.356. The summed E-state index contributed by atoms with van der Waals surface area (Å²) in [4.78, 5) is 26.3. The molecular weight excluding hydrogens is 208 g/mol. The van der Waals surface area contributed by atoms with E-state index in [1.165, 1.54) is 0 Å². The minimum absolute atomic E-state index is 0.146. The molecule has 3 N–H and O–H groups in total. The summed E-state index contributed by atoms with van der Waals surface area (Å²) in [5, 5.41) is 0. The van der Waals surface area contributed by atoms with Crippen molar-refractivity contribution < 1.29 is 9.59 Å². The number of nitrogens with two attached hydrogens (primary N) is 1. The molecule has 0 aromatic carbocycles. The number of nitrogens with zero attached hydrogens (tertiary/aromatic N) is 2. The van der Waals surface area contributed by atoms with Gasteiger partial charge in [0.05, 0.1) is 6.54 Å². The van der Waals surface area contributed by atoms with Gasteiger partial charge in [0.2, 0.25) is 11.8 Å². The number of hydrogen-bond donors (Lipinski definition) is 2. The number of carbonyl (C=O) groups is 2. The fourth-order valence-electron chi connectivity index (χ4n) is 1.74. The predicted octanol–water partition coefficient (Wildman–Crippen LogP) is -1.08. The van der Waals surface area contributed by atoms with Crippen LogP contribution in [0.5, 0.6) is 0 Å². The Balaban J connectivity index is 2.19.